The number of aromatic nitrogens is 11. The van der Waals surface area contributed by atoms with Crippen LogP contribution in [-0.2, 0) is 101 Å². The standard InChI is InChI=1S/C21H11N2O.C20H10N3S.C18H15N2O.C17H13N2.C16H11N2O.10CH3.5Ir/c1-2-9-15-13(7-1)14-8-3-5-11-17(14)23-20(15)22-19-16-10-4-6-12-18(16)24-21(19)23;1-2-8-14-12(6-1)13-7-3-4-9-15(13)23-19(14)22-18-17-16(24-20(18)23)10-5-11-21-17;1-2-11-21-17-12-20-16-10-6-5-8-14(16)13-7-3-4-9-15(13)18(20)19-17;1-11-7-8-12(2)16-15(11)13-5-3-4-6-14(13)17-18-9-10-19(16)17;1-19-15-10-17-16-13-8-3-2-6-11(13)12-7-4-5-9-14(12)18(15)16;;;;;;;;;;;;;;;/h1-8,10-12H;1-7,9-11H;3-8,10,12H,2,11H2,1H3;3-5,7-10H,1-2H3;2-7,9-10H,1H3;10*1H3;;;;;/q15*-1;5*+3. The molecule has 0 radical (unpaired) electrons. The van der Waals surface area contributed by atoms with E-state index in [2.05, 4.69) is 222 Å². The van der Waals surface area contributed by atoms with E-state index in [9.17, 15) is 0 Å². The minimum atomic E-state index is 0. The van der Waals surface area contributed by atoms with Gasteiger partial charge in [0.05, 0.1) is 59.0 Å². The maximum absolute atomic E-state index is 6.15. The molecule has 0 aliphatic carbocycles. The Hall–Kier alpha value is -10.5. The Morgan fingerprint density at radius 3 is 1.39 bits per heavy atom. The third-order valence-corrected chi connectivity index (χ3v) is 21.3. The fourth-order valence-corrected chi connectivity index (χ4v) is 16.7. The molecule has 24 rings (SSSR count). The molecule has 0 aliphatic rings. The van der Waals surface area contributed by atoms with E-state index in [1.54, 1.807) is 24.6 Å². The van der Waals surface area contributed by atoms with Crippen molar-refractivity contribution in [2.75, 3.05) is 13.7 Å². The summed E-state index contributed by atoms with van der Waals surface area (Å²) in [5.74, 6) is 1.41. The minimum Gasteiger partial charge on any atom is -0.481 e. The van der Waals surface area contributed by atoms with E-state index < -0.39 is 0 Å². The summed E-state index contributed by atoms with van der Waals surface area (Å²) in [6, 6.07) is 97.1. The molecular weight excluding hydrogens is 2420 g/mol. The molecule has 0 unspecified atom stereocenters. The van der Waals surface area contributed by atoms with Crippen LogP contribution in [0.1, 0.15) is 24.5 Å². The first-order valence-corrected chi connectivity index (χ1v) is 36.3. The monoisotopic (exact) mass is 2510 g/mol. The van der Waals surface area contributed by atoms with Crippen LogP contribution in [0.2, 0.25) is 0 Å². The van der Waals surface area contributed by atoms with Gasteiger partial charge >= 0.3 is 101 Å². The van der Waals surface area contributed by atoms with Crippen LogP contribution in [-0.4, -0.2) is 65.6 Å². The summed E-state index contributed by atoms with van der Waals surface area (Å²) >= 11 is 1.75. The number of nitrogens with zero attached hydrogens (tertiary/aromatic N) is 11. The molecule has 122 heavy (non-hydrogen) atoms. The first-order valence-electron chi connectivity index (χ1n) is 35.5. The second-order valence-electron chi connectivity index (χ2n) is 26.4. The summed E-state index contributed by atoms with van der Waals surface area (Å²) in [5, 5.41) is 18.3. The van der Waals surface area contributed by atoms with E-state index in [0.29, 0.717) is 12.5 Å². The van der Waals surface area contributed by atoms with Gasteiger partial charge < -0.3 is 110 Å². The van der Waals surface area contributed by atoms with Gasteiger partial charge in [-0.15, -0.1) is 160 Å². The van der Waals surface area contributed by atoms with Crippen LogP contribution in [0.15, 0.2) is 272 Å². The summed E-state index contributed by atoms with van der Waals surface area (Å²) in [6.45, 7) is 7.09. The van der Waals surface area contributed by atoms with Gasteiger partial charge in [0, 0.05) is 51.6 Å². The van der Waals surface area contributed by atoms with E-state index in [-0.39, 0.29) is 175 Å². The zero-order valence-corrected chi connectivity index (χ0v) is 82.8. The maximum Gasteiger partial charge on any atom is 3.00 e. The number of rotatable bonds is 4. The molecule has 20 heteroatoms. The fourth-order valence-electron chi connectivity index (χ4n) is 15.5. The zero-order chi connectivity index (χ0) is 71.4. The van der Waals surface area contributed by atoms with Crippen molar-refractivity contribution in [3.8, 4) is 11.8 Å². The molecule has 0 amide bonds. The summed E-state index contributed by atoms with van der Waals surface area (Å²) in [7, 11) is 1.66. The van der Waals surface area contributed by atoms with Gasteiger partial charge in [-0.3, -0.25) is 24.9 Å². The van der Waals surface area contributed by atoms with Crippen molar-refractivity contribution in [3.05, 3.63) is 383 Å². The van der Waals surface area contributed by atoms with Gasteiger partial charge in [-0.05, 0) is 101 Å². The second kappa shape index (κ2) is 42.5. The number of ether oxygens (including phenoxy) is 2. The van der Waals surface area contributed by atoms with Gasteiger partial charge in [0.25, 0.3) is 0 Å². The Kier molecular flexibility index (Phi) is 35.6. The molecule has 0 spiro atoms. The van der Waals surface area contributed by atoms with Gasteiger partial charge in [0.1, 0.15) is 27.0 Å². The van der Waals surface area contributed by atoms with Crippen molar-refractivity contribution in [1.82, 2.24) is 51.9 Å². The van der Waals surface area contributed by atoms with Crippen LogP contribution < -0.4 is 9.47 Å². The number of aryl methyl sites for hydroxylation is 2. The molecule has 622 valence electrons. The molecule has 0 atom stereocenters. The molecule has 0 aliphatic heterocycles. The SMILES string of the molecule is CCCOc1cn2c3ccccc3c3ccc[c-]c3c2n1.COc1cnc2c3[c-]cccc3c3ccccc3n12.Cc1ccc(C)c2c1c1ccc[c-]c1c1nccn12.[CH3-].[CH3-].[CH3-].[CH3-].[CH3-].[CH3-].[CH3-].[CH3-].[CH3-].[CH3-].[Ir+3].[Ir+3].[Ir+3].[Ir+3].[Ir+3].[c-]1cccc2c1c1nc3c4ccccc4oc3n1c1ccccc21.[c-]1cccc2c1c1nc3c4ncccc4sc3n1c1ccccc21. The smallest absolute Gasteiger partial charge is 0.481 e. The Morgan fingerprint density at radius 2 is 0.836 bits per heavy atom. The maximum atomic E-state index is 6.15. The molecule has 0 N–H and O–H groups in total. The quantitative estimate of drug-likeness (QED) is 0.125. The molecule has 0 saturated heterocycles. The van der Waals surface area contributed by atoms with Gasteiger partial charge in [-0.25, -0.2) is 4.98 Å². The number of methoxy groups -OCH3 is 1. The minimum absolute atomic E-state index is 0. The molecule has 13 heterocycles. The van der Waals surface area contributed by atoms with Crippen LogP contribution in [0.25, 0.3) is 179 Å². The van der Waals surface area contributed by atoms with Crippen molar-refractivity contribution < 1.29 is 114 Å². The second-order valence-corrected chi connectivity index (χ2v) is 27.4. The van der Waals surface area contributed by atoms with Crippen LogP contribution in [0.4, 0.5) is 0 Å². The van der Waals surface area contributed by atoms with Crippen molar-refractivity contribution in [2.45, 2.75) is 27.2 Å². The van der Waals surface area contributed by atoms with Gasteiger partial charge in [0.15, 0.2) is 0 Å². The predicted molar refractivity (Wildman–Crippen MR) is 499 cm³/mol. The number of imidazole rings is 5. The Balaban J connectivity index is 0.000000264. The average molecular weight is 2510 g/mol. The van der Waals surface area contributed by atoms with E-state index in [1.807, 2.05) is 132 Å². The van der Waals surface area contributed by atoms with E-state index >= 15 is 0 Å². The van der Waals surface area contributed by atoms with Crippen molar-refractivity contribution >= 4 is 191 Å². The largest absolute Gasteiger partial charge is 3.00 e. The van der Waals surface area contributed by atoms with Crippen LogP contribution in [0.3, 0.4) is 0 Å². The van der Waals surface area contributed by atoms with Gasteiger partial charge in [-0.2, -0.15) is 0 Å². The number of furan rings is 1. The zero-order valence-electron chi connectivity index (χ0n) is 70.0. The first kappa shape index (κ1) is 102. The number of benzene rings is 11. The molecule has 11 aromatic carbocycles. The predicted octanol–water partition coefficient (Wildman–Crippen LogP) is 26.8. The number of hydrogen-bond donors (Lipinski definition) is 0. The van der Waals surface area contributed by atoms with Crippen molar-refractivity contribution in [2.24, 2.45) is 0 Å². The third-order valence-electron chi connectivity index (χ3n) is 20.2. The van der Waals surface area contributed by atoms with Crippen LogP contribution >= 0.6 is 11.3 Å². The summed E-state index contributed by atoms with van der Waals surface area (Å²) in [6.07, 6.45) is 10.4. The Bertz CT molecular complexity index is 7430. The molecule has 14 nitrogen and oxygen atoms in total. The van der Waals surface area contributed by atoms with Crippen molar-refractivity contribution in [3.63, 3.8) is 0 Å². The number of hydrogen-bond acceptors (Lipinski definition) is 10. The number of para-hydroxylation sites is 5. The third kappa shape index (κ3) is 16.9. The normalized spacial score (nSPS) is 10.4. The average Bonchev–Trinajstić information content (AvgIpc) is 1.55. The Labute approximate surface area is 785 Å². The van der Waals surface area contributed by atoms with Crippen LogP contribution in [0, 0.1) is 118 Å². The summed E-state index contributed by atoms with van der Waals surface area (Å²) in [4.78, 5) is 29.2. The number of thiophene rings is 1. The molecular formula is C102H90Ir5N11O3S. The van der Waals surface area contributed by atoms with E-state index in [1.165, 1.54) is 75.3 Å². The molecule has 24 aromatic rings. The fraction of sp³-hybridized carbons (Fsp3) is 0.0588. The van der Waals surface area contributed by atoms with Crippen LogP contribution in [0.5, 0.6) is 11.8 Å². The van der Waals surface area contributed by atoms with Gasteiger partial charge in [-0.1, -0.05) is 136 Å². The number of fused-ring (bicyclic) bond motifs is 38. The molecule has 0 saturated carbocycles. The van der Waals surface area contributed by atoms with E-state index in [0.717, 1.165) is 127 Å². The molecule has 0 fully saturated rings. The van der Waals surface area contributed by atoms with E-state index in [4.69, 9.17) is 23.9 Å². The van der Waals surface area contributed by atoms with Crippen molar-refractivity contribution in [1.29, 1.82) is 0 Å². The summed E-state index contributed by atoms with van der Waals surface area (Å²) < 4.78 is 29.1. The Morgan fingerprint density at radius 1 is 0.385 bits per heavy atom. The topological polar surface area (TPSA) is 131 Å². The molecule has 13 aromatic heterocycles. The first-order chi connectivity index (χ1) is 52.9. The van der Waals surface area contributed by atoms with Gasteiger partial charge in [0.2, 0.25) is 17.5 Å². The number of pyridine rings is 6. The summed E-state index contributed by atoms with van der Waals surface area (Å²) in [5.41, 5.74) is 17.5. The molecule has 0 bridgehead atoms.